The number of halogens is 1. The van der Waals surface area contributed by atoms with E-state index in [1.54, 1.807) is 0 Å². The average Bonchev–Trinajstić information content (AvgIpc) is 2.35. The van der Waals surface area contributed by atoms with Gasteiger partial charge in [0.05, 0.1) is 17.6 Å². The Balaban J connectivity index is 3.08. The van der Waals surface area contributed by atoms with Crippen LogP contribution in [-0.4, -0.2) is 31.2 Å². The summed E-state index contributed by atoms with van der Waals surface area (Å²) < 4.78 is 16.4. The van der Waals surface area contributed by atoms with Crippen LogP contribution in [-0.2, 0) is 4.74 Å². The molecule has 17 heavy (non-hydrogen) atoms. The molecule has 0 heterocycles. The van der Waals surface area contributed by atoms with Crippen molar-refractivity contribution in [2.45, 2.75) is 0 Å². The fourth-order valence-electron chi connectivity index (χ4n) is 1.26. The second-order valence-electron chi connectivity index (χ2n) is 3.10. The minimum Gasteiger partial charge on any atom is -0.465 e. The van der Waals surface area contributed by atoms with Crippen molar-refractivity contribution in [3.05, 3.63) is 33.9 Å². The van der Waals surface area contributed by atoms with Gasteiger partial charge in [-0.25, -0.2) is 9.18 Å². The highest BCUT2D eigenvalue weighted by atomic mass is 19.1. The molecule has 0 amide bonds. The number of nitro groups is 1. The summed E-state index contributed by atoms with van der Waals surface area (Å²) in [5.41, 5.74) is -0.0494. The Bertz CT molecular complexity index is 436. The van der Waals surface area contributed by atoms with Crippen LogP contribution < -0.4 is 5.32 Å². The van der Waals surface area contributed by atoms with E-state index in [9.17, 15) is 19.3 Å². The first-order valence-corrected chi connectivity index (χ1v) is 4.76. The van der Waals surface area contributed by atoms with Gasteiger partial charge in [-0.15, -0.1) is 0 Å². The SMILES string of the molecule is COC(=O)c1ccc(NCCF)c([N+](=O)[O-])c1. The molecule has 0 aliphatic carbocycles. The van der Waals surface area contributed by atoms with E-state index >= 15 is 0 Å². The van der Waals surface area contributed by atoms with Crippen molar-refractivity contribution >= 4 is 17.3 Å². The monoisotopic (exact) mass is 242 g/mol. The molecule has 1 N–H and O–H groups in total. The van der Waals surface area contributed by atoms with Gasteiger partial charge >= 0.3 is 5.97 Å². The van der Waals surface area contributed by atoms with Gasteiger partial charge in [0.2, 0.25) is 0 Å². The van der Waals surface area contributed by atoms with Crippen LogP contribution >= 0.6 is 0 Å². The molecule has 0 aromatic heterocycles. The van der Waals surface area contributed by atoms with Gasteiger partial charge < -0.3 is 10.1 Å². The van der Waals surface area contributed by atoms with Crippen LogP contribution in [0.5, 0.6) is 0 Å². The summed E-state index contributed by atoms with van der Waals surface area (Å²) in [5, 5.41) is 13.3. The van der Waals surface area contributed by atoms with Crippen LogP contribution in [0.1, 0.15) is 10.4 Å². The van der Waals surface area contributed by atoms with Gasteiger partial charge in [-0.3, -0.25) is 10.1 Å². The molecular formula is C10H11FN2O4. The van der Waals surface area contributed by atoms with Crippen molar-refractivity contribution in [1.82, 2.24) is 0 Å². The van der Waals surface area contributed by atoms with Crippen molar-refractivity contribution in [1.29, 1.82) is 0 Å². The van der Waals surface area contributed by atoms with E-state index in [0.717, 1.165) is 6.07 Å². The van der Waals surface area contributed by atoms with Gasteiger partial charge in [-0.2, -0.15) is 0 Å². The number of methoxy groups -OCH3 is 1. The van der Waals surface area contributed by atoms with Crippen molar-refractivity contribution in [2.24, 2.45) is 0 Å². The van der Waals surface area contributed by atoms with E-state index in [2.05, 4.69) is 10.1 Å². The lowest BCUT2D eigenvalue weighted by atomic mass is 10.1. The maximum atomic E-state index is 12.0. The smallest absolute Gasteiger partial charge is 0.338 e. The Morgan fingerprint density at radius 2 is 2.29 bits per heavy atom. The van der Waals surface area contributed by atoms with Crippen molar-refractivity contribution in [2.75, 3.05) is 25.6 Å². The third kappa shape index (κ3) is 3.13. The molecule has 0 aliphatic rings. The van der Waals surface area contributed by atoms with E-state index in [1.165, 1.54) is 19.2 Å². The van der Waals surface area contributed by atoms with Crippen LogP contribution in [0, 0.1) is 10.1 Å². The number of nitrogens with one attached hydrogen (secondary N) is 1. The summed E-state index contributed by atoms with van der Waals surface area (Å²) in [6.45, 7) is -0.672. The van der Waals surface area contributed by atoms with E-state index in [-0.39, 0.29) is 23.5 Å². The van der Waals surface area contributed by atoms with Crippen LogP contribution in [0.2, 0.25) is 0 Å². The number of esters is 1. The second-order valence-corrected chi connectivity index (χ2v) is 3.10. The van der Waals surface area contributed by atoms with E-state index < -0.39 is 17.6 Å². The number of hydrogen-bond donors (Lipinski definition) is 1. The number of hydrogen-bond acceptors (Lipinski definition) is 5. The van der Waals surface area contributed by atoms with Crippen LogP contribution in [0.25, 0.3) is 0 Å². The highest BCUT2D eigenvalue weighted by Crippen LogP contribution is 2.25. The molecular weight excluding hydrogens is 231 g/mol. The standard InChI is InChI=1S/C10H11FN2O4/c1-17-10(14)7-2-3-8(12-5-4-11)9(6-7)13(15)16/h2-3,6,12H,4-5H2,1H3. The highest BCUT2D eigenvalue weighted by molar-refractivity contribution is 5.91. The third-order valence-electron chi connectivity index (χ3n) is 2.03. The number of nitro benzene ring substituents is 1. The first-order chi connectivity index (χ1) is 8.10. The molecule has 0 saturated carbocycles. The zero-order valence-electron chi connectivity index (χ0n) is 9.10. The molecule has 92 valence electrons. The molecule has 0 atom stereocenters. The number of rotatable bonds is 5. The third-order valence-corrected chi connectivity index (χ3v) is 2.03. The van der Waals surface area contributed by atoms with E-state index in [4.69, 9.17) is 0 Å². The maximum Gasteiger partial charge on any atom is 0.338 e. The van der Waals surface area contributed by atoms with Crippen LogP contribution in [0.15, 0.2) is 18.2 Å². The summed E-state index contributed by atoms with van der Waals surface area (Å²) in [6.07, 6.45) is 0. The number of nitrogens with zero attached hydrogens (tertiary/aromatic N) is 1. The summed E-state index contributed by atoms with van der Waals surface area (Å²) in [4.78, 5) is 21.3. The van der Waals surface area contributed by atoms with Crippen LogP contribution in [0.3, 0.4) is 0 Å². The first-order valence-electron chi connectivity index (χ1n) is 4.76. The second kappa shape index (κ2) is 5.78. The maximum absolute atomic E-state index is 12.0. The molecule has 0 aliphatic heterocycles. The summed E-state index contributed by atoms with van der Waals surface area (Å²) >= 11 is 0. The molecule has 0 radical (unpaired) electrons. The molecule has 0 spiro atoms. The Labute approximate surface area is 96.5 Å². The normalized spacial score (nSPS) is 9.76. The van der Waals surface area contributed by atoms with Gasteiger partial charge in [0.25, 0.3) is 5.69 Å². The van der Waals surface area contributed by atoms with Crippen molar-refractivity contribution < 1.29 is 18.8 Å². The molecule has 0 fully saturated rings. The zero-order valence-corrected chi connectivity index (χ0v) is 9.10. The molecule has 0 saturated heterocycles. The van der Waals surface area contributed by atoms with Crippen molar-refractivity contribution in [3.63, 3.8) is 0 Å². The lowest BCUT2D eigenvalue weighted by molar-refractivity contribution is -0.384. The number of benzene rings is 1. The van der Waals surface area contributed by atoms with E-state index in [1.807, 2.05) is 0 Å². The summed E-state index contributed by atoms with van der Waals surface area (Å²) in [6, 6.07) is 3.81. The van der Waals surface area contributed by atoms with E-state index in [0.29, 0.717) is 0 Å². The fraction of sp³-hybridized carbons (Fsp3) is 0.300. The Morgan fingerprint density at radius 3 is 2.82 bits per heavy atom. The minimum atomic E-state index is -0.662. The summed E-state index contributed by atoms with van der Waals surface area (Å²) in [5.74, 6) is -0.662. The Kier molecular flexibility index (Phi) is 4.38. The molecule has 6 nitrogen and oxygen atoms in total. The predicted octanol–water partition coefficient (Wildman–Crippen LogP) is 1.76. The largest absolute Gasteiger partial charge is 0.465 e. The molecule has 1 rings (SSSR count). The van der Waals surface area contributed by atoms with Gasteiger partial charge in [-0.1, -0.05) is 0 Å². The van der Waals surface area contributed by atoms with Gasteiger partial charge in [0.1, 0.15) is 12.4 Å². The lowest BCUT2D eigenvalue weighted by Crippen LogP contribution is -2.07. The number of carbonyl (C=O) groups is 1. The van der Waals surface area contributed by atoms with Crippen LogP contribution in [0.4, 0.5) is 15.8 Å². The Morgan fingerprint density at radius 1 is 1.59 bits per heavy atom. The topological polar surface area (TPSA) is 81.5 Å². The number of anilines is 1. The molecule has 1 aromatic carbocycles. The molecule has 0 unspecified atom stereocenters. The average molecular weight is 242 g/mol. The van der Waals surface area contributed by atoms with Gasteiger partial charge in [0, 0.05) is 12.6 Å². The minimum absolute atomic E-state index is 0.0294. The molecule has 1 aromatic rings. The predicted molar refractivity (Wildman–Crippen MR) is 58.9 cm³/mol. The van der Waals surface area contributed by atoms with Gasteiger partial charge in [-0.05, 0) is 12.1 Å². The van der Waals surface area contributed by atoms with Crippen molar-refractivity contribution in [3.8, 4) is 0 Å². The number of ether oxygens (including phenoxy) is 1. The molecule has 7 heteroatoms. The quantitative estimate of drug-likeness (QED) is 0.483. The zero-order chi connectivity index (χ0) is 12.8. The number of carbonyl (C=O) groups excluding carboxylic acids is 1. The Hall–Kier alpha value is -2.18. The first kappa shape index (κ1) is 12.9. The van der Waals surface area contributed by atoms with Gasteiger partial charge in [0.15, 0.2) is 0 Å². The highest BCUT2D eigenvalue weighted by Gasteiger charge is 2.17. The number of alkyl halides is 1. The lowest BCUT2D eigenvalue weighted by Gasteiger charge is -2.06. The molecule has 0 bridgehead atoms. The fourth-order valence-corrected chi connectivity index (χ4v) is 1.26. The summed E-state index contributed by atoms with van der Waals surface area (Å²) in [7, 11) is 1.18.